The third-order valence-electron chi connectivity index (χ3n) is 3.55. The molecule has 0 radical (unpaired) electrons. The molecule has 1 N–H and O–H groups in total. The van der Waals surface area contributed by atoms with E-state index in [1.807, 2.05) is 16.7 Å². The van der Waals surface area contributed by atoms with E-state index in [4.69, 9.17) is 21.4 Å². The molecule has 0 saturated carbocycles. The fourth-order valence-electron chi connectivity index (χ4n) is 2.44. The van der Waals surface area contributed by atoms with Crippen molar-refractivity contribution in [1.82, 2.24) is 9.55 Å². The fraction of sp³-hybridized carbons (Fsp3) is 0.429. The zero-order valence-electron chi connectivity index (χ0n) is 10.9. The summed E-state index contributed by atoms with van der Waals surface area (Å²) in [6, 6.07) is 5.53. The zero-order valence-corrected chi connectivity index (χ0v) is 11.6. The number of hydrogen-bond donors (Lipinski definition) is 1. The first-order valence-electron chi connectivity index (χ1n) is 6.55. The summed E-state index contributed by atoms with van der Waals surface area (Å²) in [6.07, 6.45) is 1.26. The average molecular weight is 295 g/mol. The molecular formula is C14H15ClN2O3. The quantitative estimate of drug-likeness (QED) is 0.859. The monoisotopic (exact) mass is 294 g/mol. The van der Waals surface area contributed by atoms with Crippen LogP contribution >= 0.6 is 11.6 Å². The third kappa shape index (κ3) is 2.51. The lowest BCUT2D eigenvalue weighted by Crippen LogP contribution is -2.31. The minimum Gasteiger partial charge on any atom is -0.481 e. The maximum Gasteiger partial charge on any atom is 0.307 e. The summed E-state index contributed by atoms with van der Waals surface area (Å²) in [7, 11) is 0. The van der Waals surface area contributed by atoms with Crippen molar-refractivity contribution < 1.29 is 14.6 Å². The van der Waals surface area contributed by atoms with Crippen LogP contribution < -0.4 is 0 Å². The van der Waals surface area contributed by atoms with E-state index in [0.29, 0.717) is 5.88 Å². The number of alkyl halides is 1. The molecule has 1 aliphatic rings. The summed E-state index contributed by atoms with van der Waals surface area (Å²) in [4.78, 5) is 15.3. The van der Waals surface area contributed by atoms with Crippen LogP contribution in [0.2, 0.25) is 0 Å². The van der Waals surface area contributed by atoms with Crippen LogP contribution in [0.25, 0.3) is 11.0 Å². The second kappa shape index (κ2) is 5.42. The lowest BCUT2D eigenvalue weighted by Gasteiger charge is -2.27. The van der Waals surface area contributed by atoms with Gasteiger partial charge in [-0.05, 0) is 24.1 Å². The van der Waals surface area contributed by atoms with Gasteiger partial charge >= 0.3 is 5.97 Å². The predicted molar refractivity (Wildman–Crippen MR) is 75.0 cm³/mol. The minimum absolute atomic E-state index is 0.0112. The van der Waals surface area contributed by atoms with Gasteiger partial charge in [0.15, 0.2) is 0 Å². The molecule has 0 spiro atoms. The number of halogens is 1. The highest BCUT2D eigenvalue weighted by Gasteiger charge is 2.21. The summed E-state index contributed by atoms with van der Waals surface area (Å²) in [5.74, 6) is 0.287. The molecule has 1 aromatic heterocycles. The molecular weight excluding hydrogens is 280 g/mol. The van der Waals surface area contributed by atoms with Crippen molar-refractivity contribution in [2.45, 2.75) is 31.4 Å². The number of ether oxygens (including phenoxy) is 1. The molecule has 0 amide bonds. The molecule has 5 nitrogen and oxygen atoms in total. The van der Waals surface area contributed by atoms with Crippen molar-refractivity contribution in [2.24, 2.45) is 0 Å². The number of rotatable bonds is 5. The van der Waals surface area contributed by atoms with Gasteiger partial charge in [-0.2, -0.15) is 0 Å². The average Bonchev–Trinajstić information content (AvgIpc) is 2.70. The van der Waals surface area contributed by atoms with Crippen molar-refractivity contribution in [3.05, 3.63) is 29.6 Å². The van der Waals surface area contributed by atoms with Crippen LogP contribution in [-0.4, -0.2) is 33.3 Å². The van der Waals surface area contributed by atoms with Gasteiger partial charge in [0.2, 0.25) is 0 Å². The molecule has 1 saturated heterocycles. The number of fused-ring (bicyclic) bond motifs is 1. The van der Waals surface area contributed by atoms with E-state index in [1.165, 1.54) is 0 Å². The van der Waals surface area contributed by atoms with E-state index in [1.54, 1.807) is 6.07 Å². The standard InChI is InChI=1S/C14H15ClN2O3/c15-7-13-16-11-2-1-9(6-14(18)19)5-12(11)17(13)8-10-3-4-20-10/h1-2,5,10H,3-4,6-8H2,(H,18,19). The molecule has 0 bridgehead atoms. The molecule has 20 heavy (non-hydrogen) atoms. The number of carboxylic acid groups (broad SMARTS) is 1. The Morgan fingerprint density at radius 3 is 2.95 bits per heavy atom. The molecule has 1 atom stereocenters. The number of aromatic nitrogens is 2. The first kappa shape index (κ1) is 13.4. The van der Waals surface area contributed by atoms with Crippen molar-refractivity contribution in [2.75, 3.05) is 6.61 Å². The second-order valence-corrected chi connectivity index (χ2v) is 5.21. The highest BCUT2D eigenvalue weighted by Crippen LogP contribution is 2.23. The number of hydrogen-bond acceptors (Lipinski definition) is 3. The summed E-state index contributed by atoms with van der Waals surface area (Å²) < 4.78 is 7.50. The van der Waals surface area contributed by atoms with E-state index >= 15 is 0 Å². The fourth-order valence-corrected chi connectivity index (χ4v) is 2.64. The lowest BCUT2D eigenvalue weighted by molar-refractivity contribution is -0.136. The third-order valence-corrected chi connectivity index (χ3v) is 3.79. The van der Waals surface area contributed by atoms with Gasteiger partial charge in [0.1, 0.15) is 5.82 Å². The Labute approximate surface area is 121 Å². The highest BCUT2D eigenvalue weighted by atomic mass is 35.5. The van der Waals surface area contributed by atoms with E-state index in [-0.39, 0.29) is 12.5 Å². The molecule has 2 aromatic rings. The first-order chi connectivity index (χ1) is 9.67. The Balaban J connectivity index is 2.00. The van der Waals surface area contributed by atoms with Crippen LogP contribution in [0.4, 0.5) is 0 Å². The van der Waals surface area contributed by atoms with Crippen LogP contribution in [0.15, 0.2) is 18.2 Å². The number of imidazole rings is 1. The molecule has 0 aliphatic carbocycles. The van der Waals surface area contributed by atoms with Gasteiger partial charge in [0.25, 0.3) is 0 Å². The van der Waals surface area contributed by atoms with Gasteiger partial charge in [-0.25, -0.2) is 4.98 Å². The Morgan fingerprint density at radius 1 is 1.55 bits per heavy atom. The molecule has 2 heterocycles. The Bertz CT molecular complexity index is 649. The molecule has 1 unspecified atom stereocenters. The van der Waals surface area contributed by atoms with E-state index in [2.05, 4.69) is 4.98 Å². The SMILES string of the molecule is O=C(O)Cc1ccc2nc(CCl)n(CC3CCO3)c2c1. The number of nitrogens with zero attached hydrogens (tertiary/aromatic N) is 2. The normalized spacial score (nSPS) is 18.1. The summed E-state index contributed by atoms with van der Waals surface area (Å²) in [5, 5.41) is 8.89. The minimum atomic E-state index is -0.838. The van der Waals surface area contributed by atoms with Gasteiger partial charge in [0.05, 0.1) is 36.0 Å². The maximum atomic E-state index is 10.8. The van der Waals surface area contributed by atoms with Crippen LogP contribution in [0, 0.1) is 0 Å². The largest absolute Gasteiger partial charge is 0.481 e. The van der Waals surface area contributed by atoms with Crippen LogP contribution in [-0.2, 0) is 28.4 Å². The van der Waals surface area contributed by atoms with Crippen molar-refractivity contribution in [1.29, 1.82) is 0 Å². The van der Waals surface area contributed by atoms with Crippen molar-refractivity contribution >= 4 is 28.6 Å². The first-order valence-corrected chi connectivity index (χ1v) is 7.08. The summed E-state index contributed by atoms with van der Waals surface area (Å²) >= 11 is 5.95. The molecule has 1 aliphatic heterocycles. The number of carbonyl (C=O) groups is 1. The molecule has 1 aromatic carbocycles. The summed E-state index contributed by atoms with van der Waals surface area (Å²) in [5.41, 5.74) is 2.53. The lowest BCUT2D eigenvalue weighted by atomic mass is 10.1. The van der Waals surface area contributed by atoms with Gasteiger partial charge in [-0.1, -0.05) is 6.07 Å². The molecule has 6 heteroatoms. The van der Waals surface area contributed by atoms with Gasteiger partial charge in [0, 0.05) is 6.61 Å². The second-order valence-electron chi connectivity index (χ2n) is 4.95. The van der Waals surface area contributed by atoms with E-state index < -0.39 is 5.97 Å². The van der Waals surface area contributed by atoms with Crippen molar-refractivity contribution in [3.63, 3.8) is 0 Å². The van der Waals surface area contributed by atoms with Crippen LogP contribution in [0.5, 0.6) is 0 Å². The summed E-state index contributed by atoms with van der Waals surface area (Å²) in [6.45, 7) is 1.52. The Kier molecular flexibility index (Phi) is 3.63. The van der Waals surface area contributed by atoms with Gasteiger partial charge in [-0.3, -0.25) is 4.79 Å². The maximum absolute atomic E-state index is 10.8. The number of aliphatic carboxylic acids is 1. The predicted octanol–water partition coefficient (Wildman–Crippen LogP) is 2.19. The van der Waals surface area contributed by atoms with Crippen LogP contribution in [0.3, 0.4) is 0 Å². The topological polar surface area (TPSA) is 64.3 Å². The Hall–Kier alpha value is -1.59. The molecule has 3 rings (SSSR count). The number of carboxylic acids is 1. The van der Waals surface area contributed by atoms with E-state index in [0.717, 1.165) is 42.0 Å². The molecule has 1 fully saturated rings. The van der Waals surface area contributed by atoms with Crippen LogP contribution in [0.1, 0.15) is 17.8 Å². The zero-order chi connectivity index (χ0) is 14.1. The molecule has 106 valence electrons. The number of benzene rings is 1. The van der Waals surface area contributed by atoms with Gasteiger partial charge < -0.3 is 14.4 Å². The van der Waals surface area contributed by atoms with Crippen molar-refractivity contribution in [3.8, 4) is 0 Å². The van der Waals surface area contributed by atoms with E-state index in [9.17, 15) is 4.79 Å². The Morgan fingerprint density at radius 2 is 2.35 bits per heavy atom. The highest BCUT2D eigenvalue weighted by molar-refractivity contribution is 6.16. The van der Waals surface area contributed by atoms with Gasteiger partial charge in [-0.15, -0.1) is 11.6 Å². The smallest absolute Gasteiger partial charge is 0.307 e.